The Kier molecular flexibility index (Phi) is 5.15. The molecule has 3 nitrogen and oxygen atoms in total. The monoisotopic (exact) mass is 229 g/mol. The van der Waals surface area contributed by atoms with Crippen molar-refractivity contribution in [2.24, 2.45) is 0 Å². The molecule has 86 valence electrons. The minimum Gasteiger partial charge on any atom is -0.364 e. The molecular weight excluding hydrogens is 210 g/mol. The maximum absolute atomic E-state index is 3.65. The van der Waals surface area contributed by atoms with Gasteiger partial charge in [0, 0.05) is 24.0 Å². The van der Waals surface area contributed by atoms with Crippen molar-refractivity contribution in [3.8, 4) is 0 Å². The summed E-state index contributed by atoms with van der Waals surface area (Å²) in [5, 5.41) is 7.02. The molecule has 0 aromatic carbocycles. The summed E-state index contributed by atoms with van der Waals surface area (Å²) >= 11 is 0. The lowest BCUT2D eigenvalue weighted by atomic mass is 10.1. The van der Waals surface area contributed by atoms with Gasteiger partial charge in [0.05, 0.1) is 0 Å². The second-order valence-electron chi connectivity index (χ2n) is 4.04. The van der Waals surface area contributed by atoms with Crippen molar-refractivity contribution in [3.63, 3.8) is 0 Å². The summed E-state index contributed by atoms with van der Waals surface area (Å²) in [6.45, 7) is 4.51. The molecule has 2 rings (SSSR count). The second-order valence-corrected chi connectivity index (χ2v) is 4.04. The van der Waals surface area contributed by atoms with Gasteiger partial charge < -0.3 is 15.6 Å². The van der Waals surface area contributed by atoms with Crippen molar-refractivity contribution in [3.05, 3.63) is 24.0 Å². The van der Waals surface area contributed by atoms with E-state index in [9.17, 15) is 0 Å². The Balaban J connectivity index is 0.00000112. The summed E-state index contributed by atoms with van der Waals surface area (Å²) in [6.07, 6.45) is 4.46. The highest BCUT2D eigenvalue weighted by Crippen LogP contribution is 2.12. The van der Waals surface area contributed by atoms with Gasteiger partial charge in [-0.25, -0.2) is 0 Å². The van der Waals surface area contributed by atoms with Crippen molar-refractivity contribution < 1.29 is 0 Å². The van der Waals surface area contributed by atoms with Gasteiger partial charge in [-0.1, -0.05) is 0 Å². The smallest absolute Gasteiger partial charge is 0.0446 e. The molecule has 0 saturated carbocycles. The highest BCUT2D eigenvalue weighted by atomic mass is 35.5. The van der Waals surface area contributed by atoms with E-state index in [0.29, 0.717) is 12.1 Å². The molecule has 1 aliphatic rings. The number of aromatic nitrogens is 1. The molecule has 2 heterocycles. The molecule has 3 N–H and O–H groups in total. The molecule has 1 aromatic heterocycles. The molecule has 1 aliphatic heterocycles. The van der Waals surface area contributed by atoms with Gasteiger partial charge >= 0.3 is 0 Å². The zero-order valence-corrected chi connectivity index (χ0v) is 9.94. The number of piperidine rings is 1. The van der Waals surface area contributed by atoms with Crippen LogP contribution in [-0.2, 0) is 0 Å². The zero-order chi connectivity index (χ0) is 9.80. The van der Waals surface area contributed by atoms with E-state index in [1.54, 1.807) is 0 Å². The minimum atomic E-state index is 0. The summed E-state index contributed by atoms with van der Waals surface area (Å²) in [4.78, 5) is 3.25. The van der Waals surface area contributed by atoms with Gasteiger partial charge in [-0.15, -0.1) is 12.4 Å². The molecule has 0 spiro atoms. The van der Waals surface area contributed by atoms with E-state index < -0.39 is 0 Å². The van der Waals surface area contributed by atoms with Crippen molar-refractivity contribution in [2.45, 2.75) is 31.8 Å². The SMILES string of the molecule is CC(NC1CCNCC1)c1ccc[nH]1.Cl. The van der Waals surface area contributed by atoms with Crippen LogP contribution in [0, 0.1) is 0 Å². The first-order valence-corrected chi connectivity index (χ1v) is 5.46. The Labute approximate surface area is 97.4 Å². The molecule has 1 unspecified atom stereocenters. The minimum absolute atomic E-state index is 0. The third kappa shape index (κ3) is 3.52. The van der Waals surface area contributed by atoms with Crippen LogP contribution >= 0.6 is 12.4 Å². The number of halogens is 1. The Hall–Kier alpha value is -0.510. The van der Waals surface area contributed by atoms with Crippen LogP contribution in [0.3, 0.4) is 0 Å². The predicted octanol–water partition coefficient (Wildman–Crippen LogP) is 1.84. The van der Waals surface area contributed by atoms with E-state index in [1.807, 2.05) is 6.20 Å². The van der Waals surface area contributed by atoms with Gasteiger partial charge in [-0.3, -0.25) is 0 Å². The molecule has 0 radical (unpaired) electrons. The Morgan fingerprint density at radius 3 is 2.73 bits per heavy atom. The Bertz CT molecular complexity index is 255. The summed E-state index contributed by atoms with van der Waals surface area (Å²) in [6, 6.07) is 5.30. The Morgan fingerprint density at radius 2 is 2.13 bits per heavy atom. The van der Waals surface area contributed by atoms with E-state index in [1.165, 1.54) is 18.5 Å². The van der Waals surface area contributed by atoms with Gasteiger partial charge in [0.1, 0.15) is 0 Å². The number of hydrogen-bond donors (Lipinski definition) is 3. The summed E-state index contributed by atoms with van der Waals surface area (Å²) in [7, 11) is 0. The average Bonchev–Trinajstić information content (AvgIpc) is 2.72. The molecule has 0 bridgehead atoms. The lowest BCUT2D eigenvalue weighted by molar-refractivity contribution is 0.357. The number of nitrogens with one attached hydrogen (secondary N) is 3. The standard InChI is InChI=1S/C11H19N3.ClH/c1-9(11-3-2-6-13-11)14-10-4-7-12-8-5-10;/h2-3,6,9-10,12-14H,4-5,7-8H2,1H3;1H. The van der Waals surface area contributed by atoms with E-state index in [2.05, 4.69) is 34.7 Å². The molecule has 4 heteroatoms. The van der Waals surface area contributed by atoms with Crippen LogP contribution in [0.5, 0.6) is 0 Å². The van der Waals surface area contributed by atoms with Gasteiger partial charge in [0.2, 0.25) is 0 Å². The van der Waals surface area contributed by atoms with Crippen molar-refractivity contribution in [2.75, 3.05) is 13.1 Å². The van der Waals surface area contributed by atoms with Gasteiger partial charge in [-0.2, -0.15) is 0 Å². The maximum Gasteiger partial charge on any atom is 0.0446 e. The number of aromatic amines is 1. The number of hydrogen-bond acceptors (Lipinski definition) is 2. The largest absolute Gasteiger partial charge is 0.364 e. The van der Waals surface area contributed by atoms with Crippen LogP contribution in [0.4, 0.5) is 0 Å². The highest BCUT2D eigenvalue weighted by Gasteiger charge is 2.15. The summed E-state index contributed by atoms with van der Waals surface area (Å²) < 4.78 is 0. The zero-order valence-electron chi connectivity index (χ0n) is 9.12. The fraction of sp³-hybridized carbons (Fsp3) is 0.636. The topological polar surface area (TPSA) is 39.8 Å². The third-order valence-electron chi connectivity index (χ3n) is 2.91. The molecule has 1 saturated heterocycles. The fourth-order valence-corrected chi connectivity index (χ4v) is 2.05. The third-order valence-corrected chi connectivity index (χ3v) is 2.91. The molecule has 1 aromatic rings. The maximum atomic E-state index is 3.65. The van der Waals surface area contributed by atoms with Crippen LogP contribution in [0.1, 0.15) is 31.5 Å². The van der Waals surface area contributed by atoms with E-state index in [-0.39, 0.29) is 12.4 Å². The van der Waals surface area contributed by atoms with Gasteiger partial charge in [-0.05, 0) is 45.0 Å². The molecule has 0 aliphatic carbocycles. The lowest BCUT2D eigenvalue weighted by Crippen LogP contribution is -2.41. The number of H-pyrrole nitrogens is 1. The second kappa shape index (κ2) is 6.16. The van der Waals surface area contributed by atoms with Crippen molar-refractivity contribution in [1.82, 2.24) is 15.6 Å². The van der Waals surface area contributed by atoms with Crippen LogP contribution in [-0.4, -0.2) is 24.1 Å². The van der Waals surface area contributed by atoms with Crippen LogP contribution < -0.4 is 10.6 Å². The van der Waals surface area contributed by atoms with Gasteiger partial charge in [0.25, 0.3) is 0 Å². The average molecular weight is 230 g/mol. The summed E-state index contributed by atoms with van der Waals surface area (Å²) in [5.41, 5.74) is 1.28. The molecule has 0 amide bonds. The molecule has 1 atom stereocenters. The van der Waals surface area contributed by atoms with Crippen molar-refractivity contribution >= 4 is 12.4 Å². The van der Waals surface area contributed by atoms with Crippen LogP contribution in [0.25, 0.3) is 0 Å². The molecular formula is C11H20ClN3. The molecule has 1 fully saturated rings. The fourth-order valence-electron chi connectivity index (χ4n) is 2.05. The van der Waals surface area contributed by atoms with Gasteiger partial charge in [0.15, 0.2) is 0 Å². The quantitative estimate of drug-likeness (QED) is 0.740. The Morgan fingerprint density at radius 1 is 1.40 bits per heavy atom. The van der Waals surface area contributed by atoms with Crippen LogP contribution in [0.15, 0.2) is 18.3 Å². The first kappa shape index (κ1) is 12.6. The number of rotatable bonds is 3. The first-order chi connectivity index (χ1) is 6.86. The van der Waals surface area contributed by atoms with Crippen LogP contribution in [0.2, 0.25) is 0 Å². The first-order valence-electron chi connectivity index (χ1n) is 5.46. The van der Waals surface area contributed by atoms with E-state index >= 15 is 0 Å². The van der Waals surface area contributed by atoms with Crippen molar-refractivity contribution in [1.29, 1.82) is 0 Å². The summed E-state index contributed by atoms with van der Waals surface area (Å²) in [5.74, 6) is 0. The normalized spacial score (nSPS) is 19.5. The lowest BCUT2D eigenvalue weighted by Gasteiger charge is -2.26. The predicted molar refractivity (Wildman–Crippen MR) is 65.5 cm³/mol. The van der Waals surface area contributed by atoms with E-state index in [4.69, 9.17) is 0 Å². The highest BCUT2D eigenvalue weighted by molar-refractivity contribution is 5.85. The molecule has 15 heavy (non-hydrogen) atoms. The van der Waals surface area contributed by atoms with E-state index in [0.717, 1.165) is 13.1 Å².